The molecule has 0 radical (unpaired) electrons. The summed E-state index contributed by atoms with van der Waals surface area (Å²) in [6.45, 7) is 2.97. The quantitative estimate of drug-likeness (QED) is 0.806. The molecule has 0 spiro atoms. The summed E-state index contributed by atoms with van der Waals surface area (Å²) >= 11 is 5.16. The molecule has 2 aromatic heterocycles. The van der Waals surface area contributed by atoms with E-state index < -0.39 is 0 Å². The van der Waals surface area contributed by atoms with Gasteiger partial charge in [0.1, 0.15) is 5.69 Å². The van der Waals surface area contributed by atoms with Crippen molar-refractivity contribution in [3.63, 3.8) is 0 Å². The smallest absolute Gasteiger partial charge is 0.195 e. The maximum Gasteiger partial charge on any atom is 0.195 e. The Labute approximate surface area is 92.8 Å². The van der Waals surface area contributed by atoms with Gasteiger partial charge in [0.15, 0.2) is 10.6 Å². The van der Waals surface area contributed by atoms with Gasteiger partial charge in [-0.25, -0.2) is 4.98 Å². The van der Waals surface area contributed by atoms with Crippen molar-refractivity contribution in [3.8, 4) is 11.5 Å². The molecule has 2 aromatic rings. The molecule has 15 heavy (non-hydrogen) atoms. The number of imidazole rings is 1. The number of aryl methyl sites for hydroxylation is 1. The van der Waals surface area contributed by atoms with Crippen LogP contribution in [0.2, 0.25) is 0 Å². The fraction of sp³-hybridized carbons (Fsp3) is 0.444. The molecule has 1 N–H and O–H groups in total. The van der Waals surface area contributed by atoms with Crippen molar-refractivity contribution in [1.82, 2.24) is 24.3 Å². The topological polar surface area (TPSA) is 51.4 Å². The summed E-state index contributed by atoms with van der Waals surface area (Å²) in [5.41, 5.74) is 0.846. The molecule has 0 saturated heterocycles. The zero-order valence-electron chi connectivity index (χ0n) is 8.77. The number of aromatic nitrogens is 5. The van der Waals surface area contributed by atoms with Crippen molar-refractivity contribution in [1.29, 1.82) is 0 Å². The lowest BCUT2D eigenvalue weighted by Crippen LogP contribution is -1.99. The molecule has 0 aliphatic heterocycles. The molecular weight excluding hydrogens is 210 g/mol. The first-order valence-electron chi connectivity index (χ1n) is 4.86. The molecule has 0 aliphatic rings. The van der Waals surface area contributed by atoms with E-state index >= 15 is 0 Å². The predicted molar refractivity (Wildman–Crippen MR) is 59.9 cm³/mol. The standard InChI is InChI=1S/C9H13N5S/c1-3-4-14-8(11-12-9(14)15)7-5-13(2)6-10-7/h5-6H,3-4H2,1-2H3,(H,12,15). The minimum Gasteiger partial charge on any atom is -0.340 e. The van der Waals surface area contributed by atoms with E-state index in [0.29, 0.717) is 4.77 Å². The number of aromatic amines is 1. The maximum atomic E-state index is 5.16. The van der Waals surface area contributed by atoms with E-state index in [1.54, 1.807) is 6.33 Å². The molecule has 0 aliphatic carbocycles. The summed E-state index contributed by atoms with van der Waals surface area (Å²) in [7, 11) is 1.93. The number of nitrogens with zero attached hydrogens (tertiary/aromatic N) is 4. The molecule has 0 aromatic carbocycles. The highest BCUT2D eigenvalue weighted by molar-refractivity contribution is 7.71. The van der Waals surface area contributed by atoms with Gasteiger partial charge in [-0.15, -0.1) is 0 Å². The molecule has 80 valence electrons. The predicted octanol–water partition coefficient (Wildman–Crippen LogP) is 1.75. The van der Waals surface area contributed by atoms with E-state index in [2.05, 4.69) is 22.1 Å². The Balaban J connectivity index is 2.48. The molecule has 0 atom stereocenters. The van der Waals surface area contributed by atoms with E-state index in [0.717, 1.165) is 24.5 Å². The van der Waals surface area contributed by atoms with Gasteiger partial charge < -0.3 is 4.57 Å². The minimum absolute atomic E-state index is 0.650. The van der Waals surface area contributed by atoms with Gasteiger partial charge in [-0.05, 0) is 18.6 Å². The van der Waals surface area contributed by atoms with Crippen molar-refractivity contribution in [2.45, 2.75) is 19.9 Å². The highest BCUT2D eigenvalue weighted by Gasteiger charge is 2.09. The van der Waals surface area contributed by atoms with Crippen LogP contribution in [0.25, 0.3) is 11.5 Å². The average Bonchev–Trinajstić information content (AvgIpc) is 2.76. The van der Waals surface area contributed by atoms with Crippen LogP contribution in [0.5, 0.6) is 0 Å². The van der Waals surface area contributed by atoms with Gasteiger partial charge in [-0.3, -0.25) is 9.67 Å². The van der Waals surface area contributed by atoms with Gasteiger partial charge >= 0.3 is 0 Å². The molecule has 0 saturated carbocycles. The van der Waals surface area contributed by atoms with Gasteiger partial charge in [0, 0.05) is 19.8 Å². The second-order valence-electron chi connectivity index (χ2n) is 3.43. The van der Waals surface area contributed by atoms with Gasteiger partial charge in [0.05, 0.1) is 6.33 Å². The van der Waals surface area contributed by atoms with Gasteiger partial charge in [0.25, 0.3) is 0 Å². The van der Waals surface area contributed by atoms with Crippen LogP contribution in [-0.4, -0.2) is 24.3 Å². The Bertz CT molecular complexity index is 507. The summed E-state index contributed by atoms with van der Waals surface area (Å²) in [4.78, 5) is 4.26. The van der Waals surface area contributed by atoms with E-state index in [9.17, 15) is 0 Å². The van der Waals surface area contributed by atoms with Gasteiger partial charge in [-0.1, -0.05) is 6.92 Å². The molecule has 0 bridgehead atoms. The lowest BCUT2D eigenvalue weighted by Gasteiger charge is -2.01. The van der Waals surface area contributed by atoms with Crippen molar-refractivity contribution >= 4 is 12.2 Å². The third kappa shape index (κ3) is 1.85. The summed E-state index contributed by atoms with van der Waals surface area (Å²) in [5, 5.41) is 6.98. The zero-order chi connectivity index (χ0) is 10.8. The number of H-pyrrole nitrogens is 1. The Kier molecular flexibility index (Phi) is 2.68. The van der Waals surface area contributed by atoms with Crippen LogP contribution in [0.1, 0.15) is 13.3 Å². The molecule has 5 nitrogen and oxygen atoms in total. The monoisotopic (exact) mass is 223 g/mol. The van der Waals surface area contributed by atoms with Crippen LogP contribution >= 0.6 is 12.2 Å². The molecule has 0 amide bonds. The summed E-state index contributed by atoms with van der Waals surface area (Å²) in [5.74, 6) is 0.808. The van der Waals surface area contributed by atoms with Crippen LogP contribution in [0.15, 0.2) is 12.5 Å². The van der Waals surface area contributed by atoms with E-state index in [1.165, 1.54) is 0 Å². The summed E-state index contributed by atoms with van der Waals surface area (Å²) < 4.78 is 4.51. The highest BCUT2D eigenvalue weighted by atomic mass is 32.1. The van der Waals surface area contributed by atoms with Crippen molar-refractivity contribution in [2.24, 2.45) is 7.05 Å². The normalized spacial score (nSPS) is 10.8. The third-order valence-corrected chi connectivity index (χ3v) is 2.45. The van der Waals surface area contributed by atoms with Crippen LogP contribution in [0.4, 0.5) is 0 Å². The number of hydrogen-bond donors (Lipinski definition) is 1. The Morgan fingerprint density at radius 3 is 2.93 bits per heavy atom. The molecular formula is C9H13N5S. The van der Waals surface area contributed by atoms with Crippen molar-refractivity contribution < 1.29 is 0 Å². The van der Waals surface area contributed by atoms with Gasteiger partial charge in [0.2, 0.25) is 0 Å². The minimum atomic E-state index is 0.650. The number of rotatable bonds is 3. The lowest BCUT2D eigenvalue weighted by atomic mass is 10.4. The first-order chi connectivity index (χ1) is 7.22. The summed E-state index contributed by atoms with van der Waals surface area (Å²) in [6, 6.07) is 0. The first kappa shape index (κ1) is 10.1. The van der Waals surface area contributed by atoms with Crippen molar-refractivity contribution in [3.05, 3.63) is 17.3 Å². The van der Waals surface area contributed by atoms with E-state index in [4.69, 9.17) is 12.2 Å². The largest absolute Gasteiger partial charge is 0.340 e. The van der Waals surface area contributed by atoms with Crippen molar-refractivity contribution in [2.75, 3.05) is 0 Å². The Hall–Kier alpha value is -1.43. The van der Waals surface area contributed by atoms with Crippen LogP contribution < -0.4 is 0 Å². The van der Waals surface area contributed by atoms with Crippen LogP contribution in [0.3, 0.4) is 0 Å². The second kappa shape index (κ2) is 3.98. The molecule has 0 unspecified atom stereocenters. The van der Waals surface area contributed by atoms with E-state index in [-0.39, 0.29) is 0 Å². The molecule has 2 heterocycles. The maximum absolute atomic E-state index is 5.16. The zero-order valence-corrected chi connectivity index (χ0v) is 9.58. The first-order valence-corrected chi connectivity index (χ1v) is 5.26. The average molecular weight is 223 g/mol. The van der Waals surface area contributed by atoms with E-state index in [1.807, 2.05) is 22.4 Å². The lowest BCUT2D eigenvalue weighted by molar-refractivity contribution is 0.673. The van der Waals surface area contributed by atoms with Crippen LogP contribution in [-0.2, 0) is 13.6 Å². The van der Waals surface area contributed by atoms with Gasteiger partial charge in [-0.2, -0.15) is 5.10 Å². The third-order valence-electron chi connectivity index (χ3n) is 2.14. The Morgan fingerprint density at radius 2 is 2.33 bits per heavy atom. The summed E-state index contributed by atoms with van der Waals surface area (Å²) in [6.07, 6.45) is 4.70. The second-order valence-corrected chi connectivity index (χ2v) is 3.82. The fourth-order valence-electron chi connectivity index (χ4n) is 1.47. The molecule has 6 heteroatoms. The van der Waals surface area contributed by atoms with Crippen LogP contribution in [0, 0.1) is 4.77 Å². The molecule has 0 fully saturated rings. The highest BCUT2D eigenvalue weighted by Crippen LogP contribution is 2.14. The Morgan fingerprint density at radius 1 is 1.53 bits per heavy atom. The number of hydrogen-bond acceptors (Lipinski definition) is 3. The SMILES string of the molecule is CCCn1c(-c2cn(C)cn2)n[nH]c1=S. The fourth-order valence-corrected chi connectivity index (χ4v) is 1.70. The molecule has 2 rings (SSSR count). The number of nitrogens with one attached hydrogen (secondary N) is 1.